The molecule has 1 atom stereocenters. The Morgan fingerprint density at radius 1 is 1.44 bits per heavy atom. The van der Waals surface area contributed by atoms with Crippen LogP contribution in [0.25, 0.3) is 10.9 Å². The molecule has 1 aliphatic heterocycles. The number of hydrogen-bond donors (Lipinski definition) is 2. The van der Waals surface area contributed by atoms with Crippen LogP contribution in [0.1, 0.15) is 23.2 Å². The molecule has 0 aliphatic carbocycles. The molecule has 0 spiro atoms. The second kappa shape index (κ2) is 5.06. The van der Waals surface area contributed by atoms with Gasteiger partial charge in [0, 0.05) is 34.5 Å². The zero-order chi connectivity index (χ0) is 12.4. The monoisotopic (exact) mass is 260 g/mol. The molecular formula is C14H16N2OS. The van der Waals surface area contributed by atoms with Gasteiger partial charge in [0.2, 0.25) is 0 Å². The number of benzene rings is 1. The summed E-state index contributed by atoms with van der Waals surface area (Å²) in [5.74, 6) is 1.26. The summed E-state index contributed by atoms with van der Waals surface area (Å²) in [7, 11) is 0. The van der Waals surface area contributed by atoms with Gasteiger partial charge in [-0.15, -0.1) is 0 Å². The normalized spacial score (nSPS) is 19.2. The third-order valence-corrected chi connectivity index (χ3v) is 4.75. The van der Waals surface area contributed by atoms with Gasteiger partial charge in [-0.3, -0.25) is 4.79 Å². The maximum atomic E-state index is 12.2. The predicted molar refractivity (Wildman–Crippen MR) is 76.1 cm³/mol. The minimum atomic E-state index is 0.0349. The highest BCUT2D eigenvalue weighted by atomic mass is 32.2. The molecule has 2 aromatic rings. The van der Waals surface area contributed by atoms with Crippen molar-refractivity contribution < 1.29 is 4.79 Å². The molecule has 1 amide bonds. The molecule has 4 heteroatoms. The van der Waals surface area contributed by atoms with E-state index in [-0.39, 0.29) is 5.91 Å². The molecule has 1 aromatic heterocycles. The first-order chi connectivity index (χ1) is 8.84. The van der Waals surface area contributed by atoms with Crippen LogP contribution in [0.4, 0.5) is 0 Å². The van der Waals surface area contributed by atoms with Crippen molar-refractivity contribution in [3.05, 3.63) is 36.0 Å². The molecule has 2 N–H and O–H groups in total. The van der Waals surface area contributed by atoms with Crippen LogP contribution < -0.4 is 5.32 Å². The summed E-state index contributed by atoms with van der Waals surface area (Å²) in [6.07, 6.45) is 4.37. The first-order valence-electron chi connectivity index (χ1n) is 6.30. The van der Waals surface area contributed by atoms with Crippen molar-refractivity contribution in [2.45, 2.75) is 18.1 Å². The number of hydrogen-bond acceptors (Lipinski definition) is 2. The van der Waals surface area contributed by atoms with E-state index < -0.39 is 0 Å². The molecule has 0 radical (unpaired) electrons. The summed E-state index contributed by atoms with van der Waals surface area (Å²) >= 11 is 1.96. The number of H-pyrrole nitrogens is 1. The van der Waals surface area contributed by atoms with Crippen LogP contribution >= 0.6 is 11.8 Å². The fourth-order valence-corrected chi connectivity index (χ4v) is 3.59. The third-order valence-electron chi connectivity index (χ3n) is 3.35. The van der Waals surface area contributed by atoms with Gasteiger partial charge in [-0.05, 0) is 36.8 Å². The Kier molecular flexibility index (Phi) is 3.28. The summed E-state index contributed by atoms with van der Waals surface area (Å²) in [5.41, 5.74) is 1.77. The molecule has 94 valence electrons. The molecule has 0 bridgehead atoms. The van der Waals surface area contributed by atoms with E-state index in [1.165, 1.54) is 18.6 Å². The zero-order valence-corrected chi connectivity index (χ0v) is 10.9. The molecule has 1 fully saturated rings. The second-order valence-corrected chi connectivity index (χ2v) is 6.00. The fourth-order valence-electron chi connectivity index (χ4n) is 2.39. The molecule has 1 unspecified atom stereocenters. The Balaban J connectivity index is 1.73. The first kappa shape index (κ1) is 11.7. The van der Waals surface area contributed by atoms with E-state index in [1.54, 1.807) is 0 Å². The highest BCUT2D eigenvalue weighted by molar-refractivity contribution is 8.00. The van der Waals surface area contributed by atoms with Crippen molar-refractivity contribution in [3.8, 4) is 0 Å². The number of carbonyl (C=O) groups excluding carboxylic acids is 1. The number of thioether (sulfide) groups is 1. The van der Waals surface area contributed by atoms with Gasteiger partial charge in [0.1, 0.15) is 0 Å². The van der Waals surface area contributed by atoms with Gasteiger partial charge in [-0.2, -0.15) is 11.8 Å². The lowest BCUT2D eigenvalue weighted by Crippen LogP contribution is -2.29. The van der Waals surface area contributed by atoms with Gasteiger partial charge in [0.25, 0.3) is 5.91 Å². The van der Waals surface area contributed by atoms with E-state index in [9.17, 15) is 4.79 Å². The summed E-state index contributed by atoms with van der Waals surface area (Å²) in [6.45, 7) is 0.782. The quantitative estimate of drug-likeness (QED) is 0.891. The number of carbonyl (C=O) groups is 1. The third kappa shape index (κ3) is 2.25. The summed E-state index contributed by atoms with van der Waals surface area (Å²) in [6, 6.07) is 7.73. The standard InChI is InChI=1S/C14H16N2OS/c17-14(16-9-10-3-2-8-18-10)12-4-1-5-13-11(12)6-7-15-13/h1,4-7,10,15H,2-3,8-9H2,(H,16,17). The van der Waals surface area contributed by atoms with E-state index >= 15 is 0 Å². The Bertz CT molecular complexity index is 558. The van der Waals surface area contributed by atoms with Gasteiger partial charge >= 0.3 is 0 Å². The number of amides is 1. The van der Waals surface area contributed by atoms with Gasteiger partial charge in [0.15, 0.2) is 0 Å². The van der Waals surface area contributed by atoms with Crippen LogP contribution in [0, 0.1) is 0 Å². The molecular weight excluding hydrogens is 244 g/mol. The Labute approximate surface area is 110 Å². The number of aromatic amines is 1. The minimum Gasteiger partial charge on any atom is -0.361 e. The summed E-state index contributed by atoms with van der Waals surface area (Å²) < 4.78 is 0. The zero-order valence-electron chi connectivity index (χ0n) is 10.1. The number of fused-ring (bicyclic) bond motifs is 1. The SMILES string of the molecule is O=C(NCC1CCCS1)c1cccc2[nH]ccc12. The van der Waals surface area contributed by atoms with Crippen molar-refractivity contribution in [3.63, 3.8) is 0 Å². The van der Waals surface area contributed by atoms with E-state index in [1.807, 2.05) is 42.2 Å². The van der Waals surface area contributed by atoms with E-state index in [2.05, 4.69) is 10.3 Å². The lowest BCUT2D eigenvalue weighted by Gasteiger charge is -2.10. The van der Waals surface area contributed by atoms with E-state index in [0.717, 1.165) is 23.0 Å². The van der Waals surface area contributed by atoms with Gasteiger partial charge in [0.05, 0.1) is 0 Å². The van der Waals surface area contributed by atoms with Crippen LogP contribution in [-0.4, -0.2) is 28.4 Å². The van der Waals surface area contributed by atoms with Crippen molar-refractivity contribution in [1.29, 1.82) is 0 Å². The molecule has 2 heterocycles. The van der Waals surface area contributed by atoms with E-state index in [0.29, 0.717) is 5.25 Å². The largest absolute Gasteiger partial charge is 0.361 e. The van der Waals surface area contributed by atoms with Crippen molar-refractivity contribution in [2.75, 3.05) is 12.3 Å². The number of nitrogens with one attached hydrogen (secondary N) is 2. The average Bonchev–Trinajstić information content (AvgIpc) is 3.05. The highest BCUT2D eigenvalue weighted by Crippen LogP contribution is 2.25. The molecule has 1 saturated heterocycles. The molecule has 0 saturated carbocycles. The maximum absolute atomic E-state index is 12.2. The molecule has 3 nitrogen and oxygen atoms in total. The summed E-state index contributed by atoms with van der Waals surface area (Å²) in [4.78, 5) is 15.3. The van der Waals surface area contributed by atoms with Crippen LogP contribution in [0.3, 0.4) is 0 Å². The van der Waals surface area contributed by atoms with Crippen LogP contribution in [-0.2, 0) is 0 Å². The summed E-state index contributed by atoms with van der Waals surface area (Å²) in [5, 5.41) is 4.64. The topological polar surface area (TPSA) is 44.9 Å². The lowest BCUT2D eigenvalue weighted by molar-refractivity contribution is 0.0955. The van der Waals surface area contributed by atoms with Crippen molar-refractivity contribution in [1.82, 2.24) is 10.3 Å². The van der Waals surface area contributed by atoms with Gasteiger partial charge in [-0.1, -0.05) is 6.07 Å². The lowest BCUT2D eigenvalue weighted by atomic mass is 10.1. The maximum Gasteiger partial charge on any atom is 0.252 e. The minimum absolute atomic E-state index is 0.0349. The van der Waals surface area contributed by atoms with Crippen molar-refractivity contribution in [2.24, 2.45) is 0 Å². The molecule has 18 heavy (non-hydrogen) atoms. The predicted octanol–water partition coefficient (Wildman–Crippen LogP) is 2.79. The number of rotatable bonds is 3. The molecule has 1 aliphatic rings. The second-order valence-electron chi connectivity index (χ2n) is 4.59. The number of aromatic nitrogens is 1. The molecule has 1 aromatic carbocycles. The van der Waals surface area contributed by atoms with Crippen LogP contribution in [0.2, 0.25) is 0 Å². The van der Waals surface area contributed by atoms with E-state index in [4.69, 9.17) is 0 Å². The smallest absolute Gasteiger partial charge is 0.252 e. The molecule has 3 rings (SSSR count). The van der Waals surface area contributed by atoms with Crippen LogP contribution in [0.5, 0.6) is 0 Å². The highest BCUT2D eigenvalue weighted by Gasteiger charge is 2.17. The first-order valence-corrected chi connectivity index (χ1v) is 7.35. The average molecular weight is 260 g/mol. The van der Waals surface area contributed by atoms with Crippen molar-refractivity contribution >= 4 is 28.6 Å². The van der Waals surface area contributed by atoms with Gasteiger partial charge in [-0.25, -0.2) is 0 Å². The van der Waals surface area contributed by atoms with Gasteiger partial charge < -0.3 is 10.3 Å². The fraction of sp³-hybridized carbons (Fsp3) is 0.357. The van der Waals surface area contributed by atoms with Crippen LogP contribution in [0.15, 0.2) is 30.5 Å². The Morgan fingerprint density at radius 3 is 3.22 bits per heavy atom. The Morgan fingerprint density at radius 2 is 2.39 bits per heavy atom. The Hall–Kier alpha value is -1.42.